The third-order valence-electron chi connectivity index (χ3n) is 2.74. The van der Waals surface area contributed by atoms with E-state index >= 15 is 0 Å². The Morgan fingerprint density at radius 3 is 2.89 bits per heavy atom. The van der Waals surface area contributed by atoms with Crippen LogP contribution in [0.4, 0.5) is 0 Å². The molecule has 0 aliphatic carbocycles. The van der Waals surface area contributed by atoms with Crippen molar-refractivity contribution in [3.63, 3.8) is 0 Å². The third-order valence-corrected chi connectivity index (χ3v) is 2.74. The maximum Gasteiger partial charge on any atom is 0.0666 e. The monoisotopic (exact) mass is 253 g/mol. The van der Waals surface area contributed by atoms with Crippen molar-refractivity contribution >= 4 is 0 Å². The second-order valence-corrected chi connectivity index (χ2v) is 5.13. The van der Waals surface area contributed by atoms with Crippen LogP contribution in [0, 0.1) is 5.92 Å². The molecule has 1 aromatic heterocycles. The fourth-order valence-corrected chi connectivity index (χ4v) is 1.87. The molecule has 1 heterocycles. The zero-order chi connectivity index (χ0) is 13.4. The maximum atomic E-state index is 5.54. The van der Waals surface area contributed by atoms with Gasteiger partial charge in [-0.1, -0.05) is 20.8 Å². The van der Waals surface area contributed by atoms with E-state index in [1.165, 1.54) is 11.3 Å². The highest BCUT2D eigenvalue weighted by atomic mass is 16.5. The van der Waals surface area contributed by atoms with Crippen molar-refractivity contribution in [1.29, 1.82) is 0 Å². The zero-order valence-electron chi connectivity index (χ0n) is 12.2. The van der Waals surface area contributed by atoms with Crippen molar-refractivity contribution in [2.45, 2.75) is 40.2 Å². The first kappa shape index (κ1) is 15.2. The topological polar surface area (TPSA) is 39.1 Å². The van der Waals surface area contributed by atoms with Gasteiger partial charge in [-0.25, -0.2) is 0 Å². The molecule has 18 heavy (non-hydrogen) atoms. The molecule has 1 rings (SSSR count). The van der Waals surface area contributed by atoms with Crippen LogP contribution < -0.4 is 5.32 Å². The van der Waals surface area contributed by atoms with Crippen molar-refractivity contribution in [3.8, 4) is 0 Å². The largest absolute Gasteiger partial charge is 0.381 e. The lowest BCUT2D eigenvalue weighted by Gasteiger charge is -2.07. The van der Waals surface area contributed by atoms with Crippen LogP contribution in [0.2, 0.25) is 0 Å². The molecule has 0 saturated carbocycles. The molecule has 104 valence electrons. The van der Waals surface area contributed by atoms with Gasteiger partial charge in [-0.15, -0.1) is 0 Å². The van der Waals surface area contributed by atoms with Crippen LogP contribution in [-0.2, 0) is 24.8 Å². The number of rotatable bonds is 9. The summed E-state index contributed by atoms with van der Waals surface area (Å²) in [6.07, 6.45) is 4.16. The Hall–Kier alpha value is -0.870. The Morgan fingerprint density at radius 1 is 1.44 bits per heavy atom. The number of aryl methyl sites for hydroxylation is 2. The minimum absolute atomic E-state index is 0.625. The summed E-state index contributed by atoms with van der Waals surface area (Å²) in [6, 6.07) is 0. The van der Waals surface area contributed by atoms with Crippen LogP contribution in [0.15, 0.2) is 6.20 Å². The Morgan fingerprint density at radius 2 is 2.22 bits per heavy atom. The van der Waals surface area contributed by atoms with E-state index in [4.69, 9.17) is 4.74 Å². The molecule has 0 spiro atoms. The summed E-state index contributed by atoms with van der Waals surface area (Å²) in [5, 5.41) is 7.87. The van der Waals surface area contributed by atoms with E-state index in [2.05, 4.69) is 37.4 Å². The number of hydrogen-bond donors (Lipinski definition) is 1. The van der Waals surface area contributed by atoms with E-state index in [9.17, 15) is 0 Å². The Balaban J connectivity index is 2.10. The Labute approximate surface area is 111 Å². The predicted octanol–water partition coefficient (Wildman–Crippen LogP) is 2.13. The number of nitrogens with zero attached hydrogens (tertiary/aromatic N) is 2. The average Bonchev–Trinajstić information content (AvgIpc) is 2.68. The van der Waals surface area contributed by atoms with E-state index in [0.29, 0.717) is 5.92 Å². The van der Waals surface area contributed by atoms with Crippen molar-refractivity contribution in [3.05, 3.63) is 17.5 Å². The first-order valence-corrected chi connectivity index (χ1v) is 6.93. The van der Waals surface area contributed by atoms with Crippen molar-refractivity contribution in [2.75, 3.05) is 19.8 Å². The normalized spacial score (nSPS) is 11.4. The first-order valence-electron chi connectivity index (χ1n) is 6.93. The lowest BCUT2D eigenvalue weighted by molar-refractivity contribution is 0.108. The molecular formula is C14H27N3O. The Bertz CT molecular complexity index is 334. The highest BCUT2D eigenvalue weighted by molar-refractivity contribution is 5.16. The predicted molar refractivity (Wildman–Crippen MR) is 74.6 cm³/mol. The second kappa shape index (κ2) is 8.27. The van der Waals surface area contributed by atoms with Crippen LogP contribution in [-0.4, -0.2) is 29.5 Å². The van der Waals surface area contributed by atoms with Crippen LogP contribution in [0.1, 0.15) is 38.4 Å². The number of nitrogens with one attached hydrogen (secondary N) is 1. The maximum absolute atomic E-state index is 5.54. The van der Waals surface area contributed by atoms with Gasteiger partial charge < -0.3 is 10.1 Å². The molecule has 4 nitrogen and oxygen atoms in total. The number of ether oxygens (including phenoxy) is 1. The summed E-state index contributed by atoms with van der Waals surface area (Å²) >= 11 is 0. The SMILES string of the molecule is CCc1nn(C)cc1CNCCCOCC(C)C. The summed E-state index contributed by atoms with van der Waals surface area (Å²) in [5.41, 5.74) is 2.50. The lowest BCUT2D eigenvalue weighted by Crippen LogP contribution is -2.17. The molecule has 0 bridgehead atoms. The summed E-state index contributed by atoms with van der Waals surface area (Å²) in [6.45, 7) is 10.1. The van der Waals surface area contributed by atoms with Gasteiger partial charge in [0.15, 0.2) is 0 Å². The molecule has 0 aliphatic rings. The smallest absolute Gasteiger partial charge is 0.0666 e. The summed E-state index contributed by atoms with van der Waals surface area (Å²) in [4.78, 5) is 0. The van der Waals surface area contributed by atoms with Crippen molar-refractivity contribution in [1.82, 2.24) is 15.1 Å². The molecular weight excluding hydrogens is 226 g/mol. The highest BCUT2D eigenvalue weighted by Gasteiger charge is 2.04. The molecule has 4 heteroatoms. The minimum Gasteiger partial charge on any atom is -0.381 e. The van der Waals surface area contributed by atoms with Gasteiger partial charge >= 0.3 is 0 Å². The number of aromatic nitrogens is 2. The van der Waals surface area contributed by atoms with Gasteiger partial charge in [0.1, 0.15) is 0 Å². The molecule has 0 radical (unpaired) electrons. The van der Waals surface area contributed by atoms with E-state index < -0.39 is 0 Å². The van der Waals surface area contributed by atoms with Crippen LogP contribution >= 0.6 is 0 Å². The number of hydrogen-bond acceptors (Lipinski definition) is 3. The first-order chi connectivity index (χ1) is 8.63. The molecule has 0 aliphatic heterocycles. The van der Waals surface area contributed by atoms with Crippen LogP contribution in [0.5, 0.6) is 0 Å². The fraction of sp³-hybridized carbons (Fsp3) is 0.786. The minimum atomic E-state index is 0.625. The molecule has 0 saturated heterocycles. The standard InChI is InChI=1S/C14H27N3O/c1-5-14-13(10-17(4)16-14)9-15-7-6-8-18-11-12(2)3/h10,12,15H,5-9,11H2,1-4H3. The molecule has 0 fully saturated rings. The molecule has 0 aromatic carbocycles. The zero-order valence-corrected chi connectivity index (χ0v) is 12.2. The van der Waals surface area contributed by atoms with Crippen LogP contribution in [0.25, 0.3) is 0 Å². The second-order valence-electron chi connectivity index (χ2n) is 5.13. The fourth-order valence-electron chi connectivity index (χ4n) is 1.87. The van der Waals surface area contributed by atoms with Gasteiger partial charge in [-0.05, 0) is 25.3 Å². The summed E-state index contributed by atoms with van der Waals surface area (Å²) in [7, 11) is 1.97. The molecule has 1 N–H and O–H groups in total. The molecule has 0 unspecified atom stereocenters. The van der Waals surface area contributed by atoms with Gasteiger partial charge in [-0.2, -0.15) is 5.10 Å². The van der Waals surface area contributed by atoms with E-state index in [0.717, 1.165) is 39.1 Å². The Kier molecular flexibility index (Phi) is 6.98. The lowest BCUT2D eigenvalue weighted by atomic mass is 10.2. The van der Waals surface area contributed by atoms with Crippen molar-refractivity contribution in [2.24, 2.45) is 13.0 Å². The third kappa shape index (κ3) is 5.65. The average molecular weight is 253 g/mol. The highest BCUT2D eigenvalue weighted by Crippen LogP contribution is 2.06. The van der Waals surface area contributed by atoms with Gasteiger partial charge in [0, 0.05) is 38.6 Å². The van der Waals surface area contributed by atoms with Crippen LogP contribution in [0.3, 0.4) is 0 Å². The van der Waals surface area contributed by atoms with Gasteiger partial charge in [0.05, 0.1) is 5.69 Å². The quantitative estimate of drug-likeness (QED) is 0.685. The molecule has 1 aromatic rings. The van der Waals surface area contributed by atoms with Crippen molar-refractivity contribution < 1.29 is 4.74 Å². The van der Waals surface area contributed by atoms with Gasteiger partial charge in [-0.3, -0.25) is 4.68 Å². The molecule has 0 amide bonds. The molecule has 0 atom stereocenters. The van der Waals surface area contributed by atoms with E-state index in [1.807, 2.05) is 11.7 Å². The van der Waals surface area contributed by atoms with E-state index in [-0.39, 0.29) is 0 Å². The van der Waals surface area contributed by atoms with Gasteiger partial charge in [0.2, 0.25) is 0 Å². The van der Waals surface area contributed by atoms with E-state index in [1.54, 1.807) is 0 Å². The summed E-state index contributed by atoms with van der Waals surface area (Å²) < 4.78 is 7.43. The van der Waals surface area contributed by atoms with Gasteiger partial charge in [0.25, 0.3) is 0 Å². The summed E-state index contributed by atoms with van der Waals surface area (Å²) in [5.74, 6) is 0.625.